The summed E-state index contributed by atoms with van der Waals surface area (Å²) in [5.74, 6) is 0. The molecule has 0 aliphatic heterocycles. The van der Waals surface area contributed by atoms with Gasteiger partial charge in [0.2, 0.25) is 10.0 Å². The quantitative estimate of drug-likeness (QED) is 0.542. The minimum atomic E-state index is -3.80. The molecule has 0 aliphatic carbocycles. The number of para-hydroxylation sites is 1. The maximum atomic E-state index is 11.6. The van der Waals surface area contributed by atoms with Crippen molar-refractivity contribution in [2.45, 2.75) is 11.8 Å². The summed E-state index contributed by atoms with van der Waals surface area (Å²) in [6, 6.07) is 10.7. The average Bonchev–Trinajstić information content (AvgIpc) is 2.34. The van der Waals surface area contributed by atoms with Gasteiger partial charge in [-0.1, -0.05) is 12.1 Å². The highest BCUT2D eigenvalue weighted by Gasteiger charge is 2.16. The van der Waals surface area contributed by atoms with Gasteiger partial charge in [-0.15, -0.1) is 0 Å². The summed E-state index contributed by atoms with van der Waals surface area (Å²) < 4.78 is 24.2. The van der Waals surface area contributed by atoms with Crippen LogP contribution in [0.1, 0.15) is 5.56 Å². The summed E-state index contributed by atoms with van der Waals surface area (Å²) >= 11 is 2.20. The van der Waals surface area contributed by atoms with E-state index in [0.29, 0.717) is 16.9 Å². The Morgan fingerprint density at radius 3 is 2.40 bits per heavy atom. The molecule has 20 heavy (non-hydrogen) atoms. The fourth-order valence-corrected chi connectivity index (χ4v) is 3.20. The molecule has 0 unspecified atom stereocenters. The molecule has 0 saturated carbocycles. The van der Waals surface area contributed by atoms with Crippen molar-refractivity contribution in [1.82, 2.24) is 0 Å². The van der Waals surface area contributed by atoms with Crippen LogP contribution in [0.25, 0.3) is 0 Å². The van der Waals surface area contributed by atoms with Crippen LogP contribution in [0.2, 0.25) is 0 Å². The summed E-state index contributed by atoms with van der Waals surface area (Å²) in [7, 11) is -3.80. The van der Waals surface area contributed by atoms with Crippen molar-refractivity contribution in [3.63, 3.8) is 0 Å². The normalized spacial score (nSPS) is 11.3. The Hall–Kier alpha value is -1.32. The monoisotopic (exact) mass is 403 g/mol. The zero-order valence-electron chi connectivity index (χ0n) is 10.7. The third-order valence-electron chi connectivity index (χ3n) is 2.83. The first-order valence-electron chi connectivity index (χ1n) is 5.73. The number of halogens is 1. The summed E-state index contributed by atoms with van der Waals surface area (Å²) in [5.41, 5.74) is 8.14. The first-order chi connectivity index (χ1) is 9.29. The highest BCUT2D eigenvalue weighted by atomic mass is 127. The first-order valence-corrected chi connectivity index (χ1v) is 8.36. The third kappa shape index (κ3) is 3.22. The number of nitrogens with two attached hydrogens (primary N) is 2. The highest BCUT2D eigenvalue weighted by molar-refractivity contribution is 14.1. The SMILES string of the molecule is Cc1c(Nc2ccccc2I)cc(N)cc1S(N)(=O)=O. The van der Waals surface area contributed by atoms with Crippen LogP contribution < -0.4 is 16.2 Å². The van der Waals surface area contributed by atoms with Crippen LogP contribution in [0.15, 0.2) is 41.3 Å². The molecular formula is C13H14IN3O2S. The van der Waals surface area contributed by atoms with E-state index in [1.54, 1.807) is 13.0 Å². The van der Waals surface area contributed by atoms with E-state index in [1.165, 1.54) is 6.07 Å². The van der Waals surface area contributed by atoms with Gasteiger partial charge in [-0.05, 0) is 59.3 Å². The molecule has 2 aromatic rings. The van der Waals surface area contributed by atoms with Crippen molar-refractivity contribution in [2.75, 3.05) is 11.1 Å². The molecule has 0 aromatic heterocycles. The second kappa shape index (κ2) is 5.58. The zero-order valence-corrected chi connectivity index (χ0v) is 13.7. The number of nitrogen functional groups attached to an aromatic ring is 1. The number of hydrogen-bond acceptors (Lipinski definition) is 4. The maximum absolute atomic E-state index is 11.6. The van der Waals surface area contributed by atoms with E-state index in [9.17, 15) is 8.42 Å². The van der Waals surface area contributed by atoms with Crippen LogP contribution >= 0.6 is 22.6 Å². The van der Waals surface area contributed by atoms with Gasteiger partial charge in [-0.3, -0.25) is 0 Å². The maximum Gasteiger partial charge on any atom is 0.238 e. The Labute approximate surface area is 131 Å². The van der Waals surface area contributed by atoms with Crippen molar-refractivity contribution in [2.24, 2.45) is 5.14 Å². The molecule has 2 rings (SSSR count). The van der Waals surface area contributed by atoms with Crippen LogP contribution in [0.4, 0.5) is 17.1 Å². The number of rotatable bonds is 3. The van der Waals surface area contributed by atoms with E-state index in [1.807, 2.05) is 24.3 Å². The summed E-state index contributed by atoms with van der Waals surface area (Å²) in [4.78, 5) is 0.0333. The molecule has 106 valence electrons. The molecule has 7 heteroatoms. The van der Waals surface area contributed by atoms with E-state index in [4.69, 9.17) is 10.9 Å². The van der Waals surface area contributed by atoms with Gasteiger partial charge in [0.15, 0.2) is 0 Å². The van der Waals surface area contributed by atoms with E-state index < -0.39 is 10.0 Å². The smallest absolute Gasteiger partial charge is 0.238 e. The Morgan fingerprint density at radius 1 is 1.15 bits per heavy atom. The molecule has 5 nitrogen and oxygen atoms in total. The number of benzene rings is 2. The lowest BCUT2D eigenvalue weighted by Gasteiger charge is -2.14. The molecule has 0 spiro atoms. The fourth-order valence-electron chi connectivity index (χ4n) is 1.84. The van der Waals surface area contributed by atoms with Gasteiger partial charge in [0.25, 0.3) is 0 Å². The van der Waals surface area contributed by atoms with Crippen LogP contribution in [0.5, 0.6) is 0 Å². The van der Waals surface area contributed by atoms with Gasteiger partial charge in [0.1, 0.15) is 0 Å². The predicted molar refractivity (Wildman–Crippen MR) is 89.4 cm³/mol. The molecule has 0 fully saturated rings. The van der Waals surface area contributed by atoms with E-state index >= 15 is 0 Å². The Morgan fingerprint density at radius 2 is 1.80 bits per heavy atom. The molecule has 0 radical (unpaired) electrons. The van der Waals surface area contributed by atoms with Gasteiger partial charge in [-0.2, -0.15) is 0 Å². The number of sulfonamides is 1. The van der Waals surface area contributed by atoms with Crippen molar-refractivity contribution >= 4 is 49.7 Å². The molecule has 0 saturated heterocycles. The average molecular weight is 403 g/mol. The summed E-state index contributed by atoms with van der Waals surface area (Å²) in [6.07, 6.45) is 0. The predicted octanol–water partition coefficient (Wildman–Crippen LogP) is 2.57. The van der Waals surface area contributed by atoms with E-state index in [0.717, 1.165) is 9.26 Å². The van der Waals surface area contributed by atoms with Crippen molar-refractivity contribution in [3.8, 4) is 0 Å². The second-order valence-corrected chi connectivity index (χ2v) is 7.03. The standard InChI is InChI=1S/C13H14IN3O2S/c1-8-12(17-11-5-3-2-4-10(11)14)6-9(15)7-13(8)20(16,18)19/h2-7,17H,15H2,1H3,(H2,16,18,19). The molecular weight excluding hydrogens is 389 g/mol. The van der Waals surface area contributed by atoms with Crippen molar-refractivity contribution < 1.29 is 8.42 Å². The number of nitrogens with one attached hydrogen (secondary N) is 1. The van der Waals surface area contributed by atoms with Gasteiger partial charge in [-0.25, -0.2) is 13.6 Å². The van der Waals surface area contributed by atoms with Crippen molar-refractivity contribution in [1.29, 1.82) is 0 Å². The van der Waals surface area contributed by atoms with Gasteiger partial charge in [0.05, 0.1) is 10.6 Å². The molecule has 5 N–H and O–H groups in total. The highest BCUT2D eigenvalue weighted by Crippen LogP contribution is 2.30. The lowest BCUT2D eigenvalue weighted by atomic mass is 10.1. The minimum absolute atomic E-state index is 0.0333. The topological polar surface area (TPSA) is 98.2 Å². The van der Waals surface area contributed by atoms with Crippen LogP contribution in [0, 0.1) is 10.5 Å². The van der Waals surface area contributed by atoms with Crippen molar-refractivity contribution in [3.05, 3.63) is 45.5 Å². The molecule has 0 atom stereocenters. The number of anilines is 3. The van der Waals surface area contributed by atoms with E-state index in [2.05, 4.69) is 27.9 Å². The van der Waals surface area contributed by atoms with Crippen LogP contribution in [0.3, 0.4) is 0 Å². The van der Waals surface area contributed by atoms with Gasteiger partial charge in [0, 0.05) is 14.9 Å². The lowest BCUT2D eigenvalue weighted by molar-refractivity contribution is 0.597. The largest absolute Gasteiger partial charge is 0.399 e. The van der Waals surface area contributed by atoms with E-state index in [-0.39, 0.29) is 4.90 Å². The number of hydrogen-bond donors (Lipinski definition) is 3. The Kier molecular flexibility index (Phi) is 4.21. The summed E-state index contributed by atoms with van der Waals surface area (Å²) in [5, 5.41) is 8.39. The third-order valence-corrected chi connectivity index (χ3v) is 4.81. The van der Waals surface area contributed by atoms with Gasteiger partial charge >= 0.3 is 0 Å². The first kappa shape index (κ1) is 15.1. The second-order valence-electron chi connectivity index (χ2n) is 4.34. The number of primary sulfonamides is 1. The molecule has 0 bridgehead atoms. The molecule has 0 aliphatic rings. The summed E-state index contributed by atoms with van der Waals surface area (Å²) in [6.45, 7) is 1.69. The zero-order chi connectivity index (χ0) is 14.9. The lowest BCUT2D eigenvalue weighted by Crippen LogP contribution is -2.15. The molecule has 0 amide bonds. The Bertz CT molecular complexity index is 760. The Balaban J connectivity index is 2.54. The fraction of sp³-hybridized carbons (Fsp3) is 0.0769. The van der Waals surface area contributed by atoms with Gasteiger partial charge < -0.3 is 11.1 Å². The molecule has 0 heterocycles. The van der Waals surface area contributed by atoms with Crippen LogP contribution in [-0.2, 0) is 10.0 Å². The van der Waals surface area contributed by atoms with Crippen LogP contribution in [-0.4, -0.2) is 8.42 Å². The molecule has 2 aromatic carbocycles. The minimum Gasteiger partial charge on any atom is -0.399 e.